The molecule has 0 saturated heterocycles. The summed E-state index contributed by atoms with van der Waals surface area (Å²) < 4.78 is 23.4. The van der Waals surface area contributed by atoms with Gasteiger partial charge in [-0.3, -0.25) is 0 Å². The summed E-state index contributed by atoms with van der Waals surface area (Å²) in [7, 11) is 0. The predicted molar refractivity (Wildman–Crippen MR) is 62.5 cm³/mol. The van der Waals surface area contributed by atoms with Gasteiger partial charge in [0.2, 0.25) is 0 Å². The minimum Gasteiger partial charge on any atom is -0.491 e. The van der Waals surface area contributed by atoms with Crippen molar-refractivity contribution in [1.82, 2.24) is 0 Å². The van der Waals surface area contributed by atoms with Crippen molar-refractivity contribution in [3.8, 4) is 5.75 Å². The molecular formula is C12H15FN2O2. The quantitative estimate of drug-likeness (QED) is 0.868. The van der Waals surface area contributed by atoms with Gasteiger partial charge in [0.15, 0.2) is 0 Å². The van der Waals surface area contributed by atoms with Gasteiger partial charge in [-0.15, -0.1) is 0 Å². The number of benzene rings is 1. The van der Waals surface area contributed by atoms with Gasteiger partial charge in [-0.25, -0.2) is 9.38 Å². The average molecular weight is 238 g/mol. The van der Waals surface area contributed by atoms with E-state index in [0.717, 1.165) is 6.42 Å². The van der Waals surface area contributed by atoms with Crippen LogP contribution < -0.4 is 10.5 Å². The van der Waals surface area contributed by atoms with Crippen molar-refractivity contribution in [2.24, 2.45) is 10.7 Å². The van der Waals surface area contributed by atoms with Crippen molar-refractivity contribution in [1.29, 1.82) is 0 Å². The molecule has 0 bridgehead atoms. The number of amidine groups is 1. The molecular weight excluding hydrogens is 223 g/mol. The number of nitrogens with zero attached hydrogens (tertiary/aromatic N) is 1. The second-order valence-electron chi connectivity index (χ2n) is 4.05. The van der Waals surface area contributed by atoms with Crippen LogP contribution >= 0.6 is 0 Å². The van der Waals surface area contributed by atoms with E-state index in [4.69, 9.17) is 15.2 Å². The Morgan fingerprint density at radius 2 is 2.24 bits per heavy atom. The molecule has 0 amide bonds. The fraction of sp³-hybridized carbons (Fsp3) is 0.417. The van der Waals surface area contributed by atoms with E-state index in [9.17, 15) is 4.39 Å². The zero-order chi connectivity index (χ0) is 12.3. The monoisotopic (exact) mass is 238 g/mol. The highest BCUT2D eigenvalue weighted by atomic mass is 19.1. The van der Waals surface area contributed by atoms with E-state index in [1.807, 2.05) is 6.92 Å². The van der Waals surface area contributed by atoms with E-state index in [2.05, 4.69) is 4.99 Å². The van der Waals surface area contributed by atoms with Gasteiger partial charge >= 0.3 is 0 Å². The molecule has 0 spiro atoms. The van der Waals surface area contributed by atoms with E-state index in [-0.39, 0.29) is 24.0 Å². The van der Waals surface area contributed by atoms with Crippen LogP contribution in [0.4, 0.5) is 4.39 Å². The minimum absolute atomic E-state index is 0.0243. The first-order chi connectivity index (χ1) is 8.13. The van der Waals surface area contributed by atoms with E-state index in [1.165, 1.54) is 12.1 Å². The molecule has 92 valence electrons. The van der Waals surface area contributed by atoms with Gasteiger partial charge in [0.25, 0.3) is 6.02 Å². The molecule has 2 atom stereocenters. The van der Waals surface area contributed by atoms with Crippen molar-refractivity contribution in [2.45, 2.75) is 25.5 Å². The molecule has 1 aromatic rings. The van der Waals surface area contributed by atoms with E-state index in [0.29, 0.717) is 12.4 Å². The summed E-state index contributed by atoms with van der Waals surface area (Å²) in [5, 5.41) is 0. The van der Waals surface area contributed by atoms with Crippen LogP contribution in [0.2, 0.25) is 0 Å². The van der Waals surface area contributed by atoms with E-state index in [1.54, 1.807) is 12.1 Å². The number of hydrogen-bond acceptors (Lipinski definition) is 4. The predicted octanol–water partition coefficient (Wildman–Crippen LogP) is 1.70. The molecule has 1 aliphatic heterocycles. The summed E-state index contributed by atoms with van der Waals surface area (Å²) in [5.74, 6) is 0.376. The van der Waals surface area contributed by atoms with Crippen LogP contribution in [0.5, 0.6) is 5.75 Å². The molecule has 5 heteroatoms. The Kier molecular flexibility index (Phi) is 3.46. The molecule has 1 heterocycles. The molecule has 1 unspecified atom stereocenters. The standard InChI is InChI=1S/C12H15FN2O2/c1-8(6-10-7-16-12(14)15-10)17-11-4-2-9(13)3-5-11/h2-5,8,10H,6-7H2,1H3,(H2,14,15)/t8-,10?/m0/s1. The molecule has 1 aliphatic rings. The molecule has 4 nitrogen and oxygen atoms in total. The number of halogens is 1. The third-order valence-corrected chi connectivity index (χ3v) is 2.49. The van der Waals surface area contributed by atoms with E-state index < -0.39 is 0 Å². The fourth-order valence-corrected chi connectivity index (χ4v) is 1.73. The summed E-state index contributed by atoms with van der Waals surface area (Å²) in [4.78, 5) is 4.12. The number of aliphatic imine (C=N–C) groups is 1. The van der Waals surface area contributed by atoms with Gasteiger partial charge in [-0.1, -0.05) is 0 Å². The van der Waals surface area contributed by atoms with Crippen molar-refractivity contribution in [3.63, 3.8) is 0 Å². The van der Waals surface area contributed by atoms with Crippen LogP contribution in [0.15, 0.2) is 29.3 Å². The summed E-state index contributed by atoms with van der Waals surface area (Å²) >= 11 is 0. The topological polar surface area (TPSA) is 56.8 Å². The minimum atomic E-state index is -0.272. The van der Waals surface area contributed by atoms with Crippen LogP contribution in [-0.2, 0) is 4.74 Å². The normalized spacial score (nSPS) is 20.6. The Labute approximate surface area is 99.2 Å². The Hall–Kier alpha value is -1.78. The maximum atomic E-state index is 12.7. The van der Waals surface area contributed by atoms with Crippen LogP contribution in [0.25, 0.3) is 0 Å². The SMILES string of the molecule is C[C@@H](CC1COC(N)=N1)Oc1ccc(F)cc1. The first-order valence-electron chi connectivity index (χ1n) is 5.52. The highest BCUT2D eigenvalue weighted by Gasteiger charge is 2.20. The molecule has 0 aromatic heterocycles. The van der Waals surface area contributed by atoms with Crippen LogP contribution in [0, 0.1) is 5.82 Å². The van der Waals surface area contributed by atoms with Crippen molar-refractivity contribution in [2.75, 3.05) is 6.61 Å². The molecule has 17 heavy (non-hydrogen) atoms. The molecule has 2 N–H and O–H groups in total. The molecule has 2 rings (SSSR count). The summed E-state index contributed by atoms with van der Waals surface area (Å²) in [5.41, 5.74) is 5.42. The van der Waals surface area contributed by atoms with Crippen molar-refractivity contribution in [3.05, 3.63) is 30.1 Å². The second-order valence-corrected chi connectivity index (χ2v) is 4.05. The number of nitrogens with two attached hydrogens (primary N) is 1. The molecule has 0 fully saturated rings. The summed E-state index contributed by atoms with van der Waals surface area (Å²) in [6.07, 6.45) is 0.696. The number of ether oxygens (including phenoxy) is 2. The lowest BCUT2D eigenvalue weighted by molar-refractivity contribution is 0.189. The number of hydrogen-bond donors (Lipinski definition) is 1. The molecule has 0 radical (unpaired) electrons. The van der Waals surface area contributed by atoms with Gasteiger partial charge in [-0.05, 0) is 31.2 Å². The average Bonchev–Trinajstić information content (AvgIpc) is 2.67. The maximum absolute atomic E-state index is 12.7. The van der Waals surface area contributed by atoms with Crippen LogP contribution in [0.1, 0.15) is 13.3 Å². The Morgan fingerprint density at radius 1 is 1.53 bits per heavy atom. The van der Waals surface area contributed by atoms with Crippen LogP contribution in [-0.4, -0.2) is 24.8 Å². The Balaban J connectivity index is 1.85. The lowest BCUT2D eigenvalue weighted by atomic mass is 10.1. The zero-order valence-corrected chi connectivity index (χ0v) is 9.60. The van der Waals surface area contributed by atoms with Gasteiger partial charge < -0.3 is 15.2 Å². The lowest BCUT2D eigenvalue weighted by Gasteiger charge is -2.16. The van der Waals surface area contributed by atoms with Gasteiger partial charge in [-0.2, -0.15) is 0 Å². The maximum Gasteiger partial charge on any atom is 0.282 e. The third-order valence-electron chi connectivity index (χ3n) is 2.49. The summed E-state index contributed by atoms with van der Waals surface area (Å²) in [6.45, 7) is 2.44. The molecule has 0 aliphatic carbocycles. The highest BCUT2D eigenvalue weighted by Crippen LogP contribution is 2.17. The smallest absolute Gasteiger partial charge is 0.282 e. The Bertz CT molecular complexity index is 405. The fourth-order valence-electron chi connectivity index (χ4n) is 1.73. The zero-order valence-electron chi connectivity index (χ0n) is 9.60. The first-order valence-corrected chi connectivity index (χ1v) is 5.52. The highest BCUT2D eigenvalue weighted by molar-refractivity contribution is 5.72. The molecule has 1 aromatic carbocycles. The number of rotatable bonds is 4. The van der Waals surface area contributed by atoms with Gasteiger partial charge in [0, 0.05) is 6.42 Å². The summed E-state index contributed by atoms with van der Waals surface area (Å²) in [6, 6.07) is 6.24. The van der Waals surface area contributed by atoms with Crippen molar-refractivity contribution >= 4 is 6.02 Å². The van der Waals surface area contributed by atoms with Crippen molar-refractivity contribution < 1.29 is 13.9 Å². The Morgan fingerprint density at radius 3 is 2.82 bits per heavy atom. The first kappa shape index (κ1) is 11.7. The van der Waals surface area contributed by atoms with Crippen LogP contribution in [0.3, 0.4) is 0 Å². The second kappa shape index (κ2) is 5.03. The molecule has 0 saturated carbocycles. The largest absolute Gasteiger partial charge is 0.491 e. The lowest BCUT2D eigenvalue weighted by Crippen LogP contribution is -2.20. The third kappa shape index (κ3) is 3.34. The van der Waals surface area contributed by atoms with Gasteiger partial charge in [0.1, 0.15) is 18.2 Å². The van der Waals surface area contributed by atoms with Gasteiger partial charge in [0.05, 0.1) is 12.1 Å². The van der Waals surface area contributed by atoms with E-state index >= 15 is 0 Å².